The predicted octanol–water partition coefficient (Wildman–Crippen LogP) is 1.90. The summed E-state index contributed by atoms with van der Waals surface area (Å²) in [4.78, 5) is 41.6. The topological polar surface area (TPSA) is 110 Å². The van der Waals surface area contributed by atoms with Gasteiger partial charge in [0, 0.05) is 18.7 Å². The fourth-order valence-electron chi connectivity index (χ4n) is 3.64. The third kappa shape index (κ3) is 4.12. The second kappa shape index (κ2) is 8.40. The molecule has 1 fully saturated rings. The van der Waals surface area contributed by atoms with Crippen LogP contribution in [0.4, 0.5) is 4.39 Å². The minimum Gasteiger partial charge on any atom is -0.374 e. The number of primary amides is 1. The van der Waals surface area contributed by atoms with Crippen LogP contribution in [0.1, 0.15) is 16.8 Å². The van der Waals surface area contributed by atoms with Crippen LogP contribution in [-0.2, 0) is 9.53 Å². The van der Waals surface area contributed by atoms with Crippen molar-refractivity contribution < 1.29 is 18.7 Å². The average Bonchev–Trinajstić information content (AvgIpc) is 2.74. The standard InChI is InChI=1S/C21H19FN4O4S/c22-15-3-1-2-4-17(15)26-20(29)14-6-5-12(9-16(14)24-21(26)31)19(28)25-7-8-30-13(11-25)10-18(23)27/h1-6,9,13H,7-8,10-11H2,(H2,23,27)(H,24,31). The van der Waals surface area contributed by atoms with Gasteiger partial charge in [0.15, 0.2) is 4.77 Å². The molecule has 31 heavy (non-hydrogen) atoms. The summed E-state index contributed by atoms with van der Waals surface area (Å²) in [6, 6.07) is 10.4. The fraction of sp³-hybridized carbons (Fsp3) is 0.238. The minimum atomic E-state index is -0.576. The number of ether oxygens (including phenoxy) is 1. The van der Waals surface area contributed by atoms with E-state index in [1.54, 1.807) is 17.0 Å². The lowest BCUT2D eigenvalue weighted by molar-refractivity contribution is -0.122. The van der Waals surface area contributed by atoms with Crippen molar-refractivity contribution in [2.45, 2.75) is 12.5 Å². The Labute approximate surface area is 181 Å². The highest BCUT2D eigenvalue weighted by molar-refractivity contribution is 7.71. The highest BCUT2D eigenvalue weighted by Crippen LogP contribution is 2.18. The number of rotatable bonds is 4. The number of nitrogens with two attached hydrogens (primary N) is 1. The number of morpholine rings is 1. The Morgan fingerprint density at radius 1 is 1.26 bits per heavy atom. The van der Waals surface area contributed by atoms with Crippen molar-refractivity contribution in [1.29, 1.82) is 0 Å². The maximum atomic E-state index is 14.2. The number of fused-ring (bicyclic) bond motifs is 1. The van der Waals surface area contributed by atoms with Gasteiger partial charge in [-0.05, 0) is 42.5 Å². The van der Waals surface area contributed by atoms with Gasteiger partial charge >= 0.3 is 0 Å². The Balaban J connectivity index is 1.69. The van der Waals surface area contributed by atoms with Crippen molar-refractivity contribution in [3.63, 3.8) is 0 Å². The number of H-pyrrole nitrogens is 1. The first-order valence-corrected chi connectivity index (χ1v) is 9.99. The summed E-state index contributed by atoms with van der Waals surface area (Å²) in [5.41, 5.74) is 5.49. The van der Waals surface area contributed by atoms with E-state index in [0.29, 0.717) is 24.2 Å². The summed E-state index contributed by atoms with van der Waals surface area (Å²) in [5, 5.41) is 0.266. The van der Waals surface area contributed by atoms with E-state index in [-0.39, 0.29) is 34.7 Å². The molecule has 2 amide bonds. The van der Waals surface area contributed by atoms with Crippen LogP contribution in [0.3, 0.4) is 0 Å². The van der Waals surface area contributed by atoms with Crippen molar-refractivity contribution in [3.8, 4) is 5.69 Å². The van der Waals surface area contributed by atoms with E-state index in [1.807, 2.05) is 0 Å². The Kier molecular flexibility index (Phi) is 5.66. The summed E-state index contributed by atoms with van der Waals surface area (Å²) < 4.78 is 20.8. The first-order valence-electron chi connectivity index (χ1n) is 9.58. The number of halogens is 1. The molecular weight excluding hydrogens is 423 g/mol. The van der Waals surface area contributed by atoms with Crippen LogP contribution in [0.2, 0.25) is 0 Å². The van der Waals surface area contributed by atoms with E-state index in [1.165, 1.54) is 30.3 Å². The monoisotopic (exact) mass is 442 g/mol. The van der Waals surface area contributed by atoms with Gasteiger partial charge in [0.1, 0.15) is 5.82 Å². The van der Waals surface area contributed by atoms with E-state index >= 15 is 0 Å². The molecule has 3 N–H and O–H groups in total. The number of nitrogens with one attached hydrogen (secondary N) is 1. The SMILES string of the molecule is NC(=O)CC1CN(C(=O)c2ccc3c(=O)n(-c4ccccc4F)c(=S)[nH]c3c2)CCO1. The molecule has 0 saturated carbocycles. The number of hydrogen-bond acceptors (Lipinski definition) is 5. The smallest absolute Gasteiger partial charge is 0.266 e. The second-order valence-electron chi connectivity index (χ2n) is 7.20. The second-order valence-corrected chi connectivity index (χ2v) is 7.58. The minimum absolute atomic E-state index is 0.0140. The molecule has 2 heterocycles. The van der Waals surface area contributed by atoms with Crippen molar-refractivity contribution in [2.75, 3.05) is 19.7 Å². The van der Waals surface area contributed by atoms with Crippen molar-refractivity contribution >= 4 is 34.9 Å². The quantitative estimate of drug-likeness (QED) is 0.600. The zero-order valence-corrected chi connectivity index (χ0v) is 17.2. The third-order valence-corrected chi connectivity index (χ3v) is 5.38. The molecule has 1 aliphatic heterocycles. The van der Waals surface area contributed by atoms with Gasteiger partial charge in [-0.1, -0.05) is 12.1 Å². The number of para-hydroxylation sites is 1. The molecule has 0 bridgehead atoms. The first kappa shape index (κ1) is 20.9. The maximum Gasteiger partial charge on any atom is 0.266 e. The number of hydrogen-bond donors (Lipinski definition) is 2. The number of carbonyl (C=O) groups excluding carboxylic acids is 2. The predicted molar refractivity (Wildman–Crippen MR) is 114 cm³/mol. The summed E-state index contributed by atoms with van der Waals surface area (Å²) in [7, 11) is 0. The molecule has 1 atom stereocenters. The average molecular weight is 442 g/mol. The molecule has 1 saturated heterocycles. The van der Waals surface area contributed by atoms with E-state index < -0.39 is 23.4 Å². The molecule has 0 radical (unpaired) electrons. The third-order valence-electron chi connectivity index (χ3n) is 5.09. The highest BCUT2D eigenvalue weighted by atomic mass is 32.1. The van der Waals surface area contributed by atoms with Crippen molar-refractivity contribution in [1.82, 2.24) is 14.5 Å². The Morgan fingerprint density at radius 3 is 2.77 bits per heavy atom. The number of nitrogens with zero attached hydrogens (tertiary/aromatic N) is 2. The zero-order valence-electron chi connectivity index (χ0n) is 16.3. The van der Waals surface area contributed by atoms with Gasteiger partial charge < -0.3 is 20.4 Å². The van der Waals surface area contributed by atoms with Gasteiger partial charge in [-0.25, -0.2) is 8.96 Å². The Bertz CT molecular complexity index is 1300. The normalized spacial score (nSPS) is 16.4. The van der Waals surface area contributed by atoms with Crippen molar-refractivity contribution in [3.05, 3.63) is 69.0 Å². The number of amides is 2. The molecule has 0 spiro atoms. The molecular formula is C21H19FN4O4S. The summed E-state index contributed by atoms with van der Waals surface area (Å²) >= 11 is 5.28. The number of carbonyl (C=O) groups is 2. The largest absolute Gasteiger partial charge is 0.374 e. The first-order chi connectivity index (χ1) is 14.8. The molecule has 0 aliphatic carbocycles. The summed E-state index contributed by atoms with van der Waals surface area (Å²) in [6.45, 7) is 0.911. The number of aromatic nitrogens is 2. The van der Waals surface area contributed by atoms with Crippen LogP contribution in [0.5, 0.6) is 0 Å². The van der Waals surface area contributed by atoms with Crippen LogP contribution in [-0.4, -0.2) is 52.1 Å². The fourth-order valence-corrected chi connectivity index (χ4v) is 3.93. The lowest BCUT2D eigenvalue weighted by Crippen LogP contribution is -2.46. The molecule has 1 unspecified atom stereocenters. The highest BCUT2D eigenvalue weighted by Gasteiger charge is 2.26. The molecule has 2 aromatic carbocycles. The lowest BCUT2D eigenvalue weighted by atomic mass is 10.1. The van der Waals surface area contributed by atoms with Gasteiger partial charge in [-0.2, -0.15) is 0 Å². The van der Waals surface area contributed by atoms with E-state index in [9.17, 15) is 18.8 Å². The maximum absolute atomic E-state index is 14.2. The molecule has 160 valence electrons. The molecule has 4 rings (SSSR count). The van der Waals surface area contributed by atoms with Crippen LogP contribution in [0.15, 0.2) is 47.3 Å². The number of benzene rings is 2. The number of aromatic amines is 1. The van der Waals surface area contributed by atoms with Crippen molar-refractivity contribution in [2.24, 2.45) is 5.73 Å². The van der Waals surface area contributed by atoms with Crippen LogP contribution in [0.25, 0.3) is 16.6 Å². The zero-order chi connectivity index (χ0) is 22.1. The molecule has 1 aliphatic rings. The lowest BCUT2D eigenvalue weighted by Gasteiger charge is -2.32. The Hall–Kier alpha value is -3.37. The van der Waals surface area contributed by atoms with E-state index in [2.05, 4.69) is 4.98 Å². The van der Waals surface area contributed by atoms with Crippen LogP contribution < -0.4 is 11.3 Å². The molecule has 1 aromatic heterocycles. The van der Waals surface area contributed by atoms with Crippen LogP contribution >= 0.6 is 12.2 Å². The van der Waals surface area contributed by atoms with Gasteiger partial charge in [0.05, 0.1) is 35.7 Å². The molecule has 8 nitrogen and oxygen atoms in total. The molecule has 3 aromatic rings. The van der Waals surface area contributed by atoms with Gasteiger partial charge in [-0.15, -0.1) is 0 Å². The Morgan fingerprint density at radius 2 is 2.03 bits per heavy atom. The summed E-state index contributed by atoms with van der Waals surface area (Å²) in [5.74, 6) is -1.34. The van der Waals surface area contributed by atoms with Gasteiger partial charge in [0.2, 0.25) is 5.91 Å². The van der Waals surface area contributed by atoms with Gasteiger partial charge in [0.25, 0.3) is 11.5 Å². The van der Waals surface area contributed by atoms with E-state index in [0.717, 1.165) is 4.57 Å². The van der Waals surface area contributed by atoms with E-state index in [4.69, 9.17) is 22.7 Å². The molecule has 10 heteroatoms. The van der Waals surface area contributed by atoms with Gasteiger partial charge in [-0.3, -0.25) is 14.4 Å². The summed E-state index contributed by atoms with van der Waals surface area (Å²) in [6.07, 6.45) is -0.418. The van der Waals surface area contributed by atoms with Crippen LogP contribution in [0, 0.1) is 10.6 Å².